The van der Waals surface area contributed by atoms with Crippen molar-refractivity contribution in [2.75, 3.05) is 4.90 Å². The number of hydrogen-bond acceptors (Lipinski definition) is 1. The summed E-state index contributed by atoms with van der Waals surface area (Å²) >= 11 is 0. The quantitative estimate of drug-likeness (QED) is 0.155. The van der Waals surface area contributed by atoms with Gasteiger partial charge in [0.2, 0.25) is 0 Å². The van der Waals surface area contributed by atoms with Crippen LogP contribution in [0.1, 0.15) is 58.4 Å². The molecule has 0 saturated carbocycles. The van der Waals surface area contributed by atoms with E-state index < -0.39 is 5.41 Å². The first kappa shape index (κ1) is 40.1. The number of nitrogens with zero attached hydrogens (tertiary/aromatic N) is 2. The molecule has 13 rings (SSSR count). The molecule has 2 aliphatic carbocycles. The van der Waals surface area contributed by atoms with Gasteiger partial charge in [0.15, 0.2) is 0 Å². The van der Waals surface area contributed by atoms with E-state index in [-0.39, 0.29) is 5.41 Å². The van der Waals surface area contributed by atoms with Crippen molar-refractivity contribution in [2.24, 2.45) is 0 Å². The molecule has 68 heavy (non-hydrogen) atoms. The van der Waals surface area contributed by atoms with E-state index in [1.807, 2.05) is 0 Å². The largest absolute Gasteiger partial charge is 0.310 e. The molecule has 2 nitrogen and oxygen atoms in total. The molecule has 10 aromatic carbocycles. The van der Waals surface area contributed by atoms with E-state index in [1.165, 1.54) is 111 Å². The third-order valence-electron chi connectivity index (χ3n) is 15.2. The van der Waals surface area contributed by atoms with Crippen molar-refractivity contribution < 1.29 is 0 Å². The highest BCUT2D eigenvalue weighted by Gasteiger charge is 2.49. The molecule has 0 fully saturated rings. The van der Waals surface area contributed by atoms with E-state index in [2.05, 4.69) is 268 Å². The van der Waals surface area contributed by atoms with E-state index in [0.717, 1.165) is 11.4 Å². The molecule has 0 radical (unpaired) electrons. The van der Waals surface area contributed by atoms with Crippen LogP contribution >= 0.6 is 0 Å². The summed E-state index contributed by atoms with van der Waals surface area (Å²) in [5.41, 5.74) is 24.2. The minimum absolute atomic E-state index is 0.166. The number of hydrogen-bond donors (Lipinski definition) is 0. The molecule has 1 aromatic heterocycles. The van der Waals surface area contributed by atoms with E-state index in [1.54, 1.807) is 0 Å². The number of rotatable bonds is 7. The highest BCUT2D eigenvalue weighted by molar-refractivity contribution is 6.10. The third-order valence-corrected chi connectivity index (χ3v) is 15.2. The smallest absolute Gasteiger partial charge is 0.0734 e. The molecular weight excluding hydrogens is 821 g/mol. The minimum atomic E-state index is -0.598. The van der Waals surface area contributed by atoms with Crippen LogP contribution in [0.4, 0.5) is 17.1 Å². The second-order valence-electron chi connectivity index (χ2n) is 19.4. The SMILES string of the molecule is Cc1ccc2c(c1)C(c1ccccc1)(c1ccccc1)c1c(N(c3ccc(-c4ccc5c(c4)c4ccccc4n5-c4ccccc4)cc3)c3ccc4c(c3)C(C)(C)c3ccccc3-4)ccc(C)c1-2. The molecule has 0 amide bonds. The van der Waals surface area contributed by atoms with Crippen molar-refractivity contribution in [1.29, 1.82) is 0 Å². The first-order valence-corrected chi connectivity index (χ1v) is 23.9. The third kappa shape index (κ3) is 5.77. The van der Waals surface area contributed by atoms with Crippen LogP contribution < -0.4 is 4.90 Å². The Labute approximate surface area is 399 Å². The lowest BCUT2D eigenvalue weighted by Gasteiger charge is -2.38. The molecule has 2 heteroatoms. The number of anilines is 3. The number of aryl methyl sites for hydroxylation is 2. The van der Waals surface area contributed by atoms with Crippen LogP contribution in [0.25, 0.3) is 60.9 Å². The molecular formula is C66H50N2. The maximum Gasteiger partial charge on any atom is 0.0734 e. The first-order chi connectivity index (χ1) is 33.3. The van der Waals surface area contributed by atoms with Gasteiger partial charge in [-0.3, -0.25) is 0 Å². The van der Waals surface area contributed by atoms with Gasteiger partial charge in [-0.2, -0.15) is 0 Å². The molecule has 1 heterocycles. The van der Waals surface area contributed by atoms with Crippen LogP contribution in [0.3, 0.4) is 0 Å². The van der Waals surface area contributed by atoms with E-state index in [9.17, 15) is 0 Å². The van der Waals surface area contributed by atoms with Crippen LogP contribution in [0.5, 0.6) is 0 Å². The lowest BCUT2D eigenvalue weighted by molar-refractivity contribution is 0.660. The van der Waals surface area contributed by atoms with Gasteiger partial charge in [0.1, 0.15) is 0 Å². The van der Waals surface area contributed by atoms with Crippen molar-refractivity contribution in [3.8, 4) is 39.1 Å². The first-order valence-electron chi connectivity index (χ1n) is 23.9. The molecule has 2 aliphatic rings. The second-order valence-corrected chi connectivity index (χ2v) is 19.4. The standard InChI is InChI=1S/C66H50N2/c1-43-28-36-55-59(40-43)66(47-18-8-5-9-19-47,48-20-10-6-11-21-48)64-62(38-29-44(2)63(55)64)67(51-35-37-53-52-24-14-16-26-57(52)65(3,4)58(53)42-51)50-33-30-45(31-34-50)46-32-39-61-56(41-46)54-25-15-17-27-60(54)68(61)49-22-12-7-13-23-49/h5-42H,1-4H3. The molecule has 0 saturated heterocycles. The Morgan fingerprint density at radius 3 is 1.76 bits per heavy atom. The minimum Gasteiger partial charge on any atom is -0.310 e. The molecule has 0 bridgehead atoms. The lowest BCUT2D eigenvalue weighted by atomic mass is 9.67. The molecule has 0 unspecified atom stereocenters. The van der Waals surface area contributed by atoms with Crippen LogP contribution in [0, 0.1) is 13.8 Å². The predicted octanol–water partition coefficient (Wildman–Crippen LogP) is 17.2. The maximum absolute atomic E-state index is 2.55. The Bertz CT molecular complexity index is 3730. The van der Waals surface area contributed by atoms with Gasteiger partial charge in [0, 0.05) is 38.8 Å². The fraction of sp³-hybridized carbons (Fsp3) is 0.0909. The fourth-order valence-corrected chi connectivity index (χ4v) is 12.1. The van der Waals surface area contributed by atoms with Crippen molar-refractivity contribution in [2.45, 2.75) is 38.5 Å². The highest BCUT2D eigenvalue weighted by atomic mass is 15.1. The molecule has 0 N–H and O–H groups in total. The maximum atomic E-state index is 2.55. The van der Waals surface area contributed by atoms with Crippen LogP contribution in [-0.2, 0) is 10.8 Å². The summed E-state index contributed by atoms with van der Waals surface area (Å²) < 4.78 is 2.39. The average Bonchev–Trinajstić information content (AvgIpc) is 3.97. The number of fused-ring (bicyclic) bond motifs is 9. The fourth-order valence-electron chi connectivity index (χ4n) is 12.1. The number of benzene rings is 10. The molecule has 0 spiro atoms. The average molecular weight is 871 g/mol. The van der Waals surface area contributed by atoms with E-state index in [0.29, 0.717) is 0 Å². The van der Waals surface area contributed by atoms with Crippen LogP contribution in [0.2, 0.25) is 0 Å². The molecule has 11 aromatic rings. The Hall–Kier alpha value is -8.20. The second kappa shape index (κ2) is 15.2. The summed E-state index contributed by atoms with van der Waals surface area (Å²) in [4.78, 5) is 2.55. The Balaban J connectivity index is 1.05. The van der Waals surface area contributed by atoms with Crippen molar-refractivity contribution in [3.05, 3.63) is 275 Å². The van der Waals surface area contributed by atoms with Crippen LogP contribution in [0.15, 0.2) is 231 Å². The van der Waals surface area contributed by atoms with E-state index in [4.69, 9.17) is 0 Å². The number of para-hydroxylation sites is 2. The lowest BCUT2D eigenvalue weighted by Crippen LogP contribution is -2.30. The Morgan fingerprint density at radius 2 is 1.01 bits per heavy atom. The summed E-state index contributed by atoms with van der Waals surface area (Å²) in [6.07, 6.45) is 0. The molecule has 0 aliphatic heterocycles. The van der Waals surface area contributed by atoms with E-state index >= 15 is 0 Å². The van der Waals surface area contributed by atoms with Crippen LogP contribution in [-0.4, -0.2) is 4.57 Å². The van der Waals surface area contributed by atoms with Gasteiger partial charge in [0.05, 0.1) is 22.1 Å². The van der Waals surface area contributed by atoms with Crippen molar-refractivity contribution in [1.82, 2.24) is 4.57 Å². The van der Waals surface area contributed by atoms with Gasteiger partial charge in [0.25, 0.3) is 0 Å². The summed E-state index contributed by atoms with van der Waals surface area (Å²) in [6.45, 7) is 9.29. The zero-order chi connectivity index (χ0) is 45.7. The monoisotopic (exact) mass is 870 g/mol. The van der Waals surface area contributed by atoms with Gasteiger partial charge in [-0.15, -0.1) is 0 Å². The summed E-state index contributed by atoms with van der Waals surface area (Å²) in [5, 5.41) is 2.50. The zero-order valence-corrected chi connectivity index (χ0v) is 38.8. The Kier molecular flexibility index (Phi) is 8.95. The Morgan fingerprint density at radius 1 is 0.412 bits per heavy atom. The van der Waals surface area contributed by atoms with Crippen molar-refractivity contribution >= 4 is 38.9 Å². The summed E-state index contributed by atoms with van der Waals surface area (Å²) in [6, 6.07) is 86.2. The van der Waals surface area contributed by atoms with Gasteiger partial charge >= 0.3 is 0 Å². The predicted molar refractivity (Wildman–Crippen MR) is 285 cm³/mol. The highest BCUT2D eigenvalue weighted by Crippen LogP contribution is 2.61. The molecule has 324 valence electrons. The van der Waals surface area contributed by atoms with Gasteiger partial charge < -0.3 is 9.47 Å². The molecule has 0 atom stereocenters. The number of aromatic nitrogens is 1. The van der Waals surface area contributed by atoms with Crippen molar-refractivity contribution in [3.63, 3.8) is 0 Å². The normalized spacial score (nSPS) is 13.8. The summed E-state index contributed by atoms with van der Waals surface area (Å²) in [5.74, 6) is 0. The zero-order valence-electron chi connectivity index (χ0n) is 38.8. The summed E-state index contributed by atoms with van der Waals surface area (Å²) in [7, 11) is 0. The van der Waals surface area contributed by atoms with Gasteiger partial charge in [-0.1, -0.05) is 189 Å². The van der Waals surface area contributed by atoms with Gasteiger partial charge in [-0.25, -0.2) is 0 Å². The topological polar surface area (TPSA) is 8.17 Å². The van der Waals surface area contributed by atoms with Gasteiger partial charge in [-0.05, 0) is 141 Å².